The lowest BCUT2D eigenvalue weighted by atomic mass is 10.0. The molecule has 0 aromatic heterocycles. The number of fused-ring (bicyclic) bond motifs is 1. The Kier molecular flexibility index (Phi) is 12.1. The Balaban J connectivity index is 0.000000673. The fourth-order valence-electron chi connectivity index (χ4n) is 3.97. The molecule has 2 heterocycles. The van der Waals surface area contributed by atoms with Crippen molar-refractivity contribution < 1.29 is 42.2 Å². The highest BCUT2D eigenvalue weighted by Gasteiger charge is 2.38. The van der Waals surface area contributed by atoms with E-state index in [0.29, 0.717) is 12.1 Å². The van der Waals surface area contributed by atoms with E-state index in [4.69, 9.17) is 9.90 Å². The van der Waals surface area contributed by atoms with E-state index in [1.54, 1.807) is 6.07 Å². The number of rotatable bonds is 11. The Bertz CT molecular complexity index is 1100. The maximum Gasteiger partial charge on any atom is 0.490 e. The molecule has 3 rings (SSSR count). The first kappa shape index (κ1) is 31.5. The number of carboxylic acids is 2. The van der Waals surface area contributed by atoms with Gasteiger partial charge in [0.05, 0.1) is 19.0 Å². The smallest absolute Gasteiger partial charge is 0.481 e. The summed E-state index contributed by atoms with van der Waals surface area (Å²) in [4.78, 5) is 39.5. The lowest BCUT2D eigenvalue weighted by Crippen LogP contribution is -2.43. The Labute approximate surface area is 223 Å². The van der Waals surface area contributed by atoms with Gasteiger partial charge in [0.2, 0.25) is 5.91 Å². The molecule has 1 aromatic rings. The molecule has 2 aliphatic heterocycles. The Morgan fingerprint density at radius 2 is 1.95 bits per heavy atom. The van der Waals surface area contributed by atoms with E-state index in [1.165, 1.54) is 18.2 Å². The second-order valence-corrected chi connectivity index (χ2v) is 8.93. The average molecular weight is 557 g/mol. The molecule has 1 aromatic carbocycles. The van der Waals surface area contributed by atoms with E-state index in [2.05, 4.69) is 45.7 Å². The third-order valence-electron chi connectivity index (χ3n) is 5.74. The molecule has 0 saturated carbocycles. The summed E-state index contributed by atoms with van der Waals surface area (Å²) in [6.45, 7) is 4.47. The van der Waals surface area contributed by atoms with Crippen molar-refractivity contribution in [3.63, 3.8) is 0 Å². The van der Waals surface area contributed by atoms with E-state index in [9.17, 15) is 32.3 Å². The van der Waals surface area contributed by atoms with Gasteiger partial charge in [-0.25, -0.2) is 9.18 Å². The summed E-state index contributed by atoms with van der Waals surface area (Å²) in [5, 5.41) is 22.6. The number of nitrogens with zero attached hydrogens (tertiary/aromatic N) is 2. The molecule has 13 heteroatoms. The van der Waals surface area contributed by atoms with E-state index in [1.807, 2.05) is 0 Å². The van der Waals surface area contributed by atoms with E-state index < -0.39 is 30.0 Å². The number of hydrogen-bond acceptors (Lipinski definition) is 6. The highest BCUT2D eigenvalue weighted by Crippen LogP contribution is 2.19. The number of carbonyl (C=O) groups excluding carboxylic acids is 1. The van der Waals surface area contributed by atoms with Crippen LogP contribution >= 0.6 is 0 Å². The summed E-state index contributed by atoms with van der Waals surface area (Å²) in [5.74, 6) is -3.61. The SMILES string of the molecule is CCCN(CCC1C=CC2=CCCN=C2N1)CC(=O)NC(CC(=O)O)c1cccc(F)c1.O=C(O)C(F)(F)F. The van der Waals surface area contributed by atoms with Crippen LogP contribution in [0.3, 0.4) is 0 Å². The molecular formula is C26H32F4N4O5. The largest absolute Gasteiger partial charge is 0.490 e. The number of hydrogen-bond donors (Lipinski definition) is 4. The molecule has 0 radical (unpaired) electrons. The fraction of sp³-hybridized carbons (Fsp3) is 0.462. The number of amidine groups is 1. The van der Waals surface area contributed by atoms with Gasteiger partial charge in [-0.3, -0.25) is 19.5 Å². The van der Waals surface area contributed by atoms with Gasteiger partial charge in [0.15, 0.2) is 0 Å². The lowest BCUT2D eigenvalue weighted by Gasteiger charge is -2.28. The zero-order valence-corrected chi connectivity index (χ0v) is 21.4. The fourth-order valence-corrected chi connectivity index (χ4v) is 3.97. The Hall–Kier alpha value is -3.74. The third-order valence-corrected chi connectivity index (χ3v) is 5.74. The van der Waals surface area contributed by atoms with Crippen LogP contribution in [-0.4, -0.2) is 77.2 Å². The van der Waals surface area contributed by atoms with Gasteiger partial charge < -0.3 is 20.8 Å². The normalized spacial score (nSPS) is 17.0. The molecule has 2 unspecified atom stereocenters. The number of amides is 1. The number of carboxylic acid groups (broad SMARTS) is 2. The predicted octanol–water partition coefficient (Wildman–Crippen LogP) is 3.45. The molecule has 0 fully saturated rings. The summed E-state index contributed by atoms with van der Waals surface area (Å²) in [6, 6.07) is 5.05. The minimum absolute atomic E-state index is 0.151. The molecule has 0 saturated heterocycles. The van der Waals surface area contributed by atoms with Crippen LogP contribution < -0.4 is 10.6 Å². The quantitative estimate of drug-likeness (QED) is 0.307. The van der Waals surface area contributed by atoms with Gasteiger partial charge in [0.25, 0.3) is 0 Å². The van der Waals surface area contributed by atoms with Gasteiger partial charge in [-0.15, -0.1) is 0 Å². The Morgan fingerprint density at radius 3 is 2.56 bits per heavy atom. The molecule has 0 spiro atoms. The summed E-state index contributed by atoms with van der Waals surface area (Å²) in [6.07, 6.45) is 3.70. The topological polar surface area (TPSA) is 131 Å². The molecule has 2 atom stereocenters. The lowest BCUT2D eigenvalue weighted by molar-refractivity contribution is -0.192. The maximum absolute atomic E-state index is 13.6. The summed E-state index contributed by atoms with van der Waals surface area (Å²) in [7, 11) is 0. The minimum Gasteiger partial charge on any atom is -0.481 e. The summed E-state index contributed by atoms with van der Waals surface area (Å²) in [5.41, 5.74) is 1.58. The molecule has 214 valence electrons. The maximum atomic E-state index is 13.6. The van der Waals surface area contributed by atoms with Crippen molar-refractivity contribution in [2.75, 3.05) is 26.2 Å². The molecule has 2 aliphatic rings. The first-order valence-electron chi connectivity index (χ1n) is 12.4. The monoisotopic (exact) mass is 556 g/mol. The molecule has 4 N–H and O–H groups in total. The van der Waals surface area contributed by atoms with Crippen molar-refractivity contribution in [3.8, 4) is 0 Å². The number of carbonyl (C=O) groups is 3. The summed E-state index contributed by atoms with van der Waals surface area (Å²) >= 11 is 0. The predicted molar refractivity (Wildman–Crippen MR) is 136 cm³/mol. The van der Waals surface area contributed by atoms with Crippen LogP contribution in [0.15, 0.2) is 53.1 Å². The number of aliphatic imine (C=N–C) groups is 1. The first-order chi connectivity index (χ1) is 18.4. The zero-order chi connectivity index (χ0) is 29.0. The van der Waals surface area contributed by atoms with E-state index in [-0.39, 0.29) is 24.9 Å². The van der Waals surface area contributed by atoms with Crippen molar-refractivity contribution in [2.45, 2.75) is 50.9 Å². The molecule has 9 nitrogen and oxygen atoms in total. The standard InChI is InChI=1S/C24H31FN4O3.C2HF3O2/c1-2-12-29(13-10-20-9-8-17-6-4-11-26-24(17)27-20)16-22(30)28-21(15-23(31)32)18-5-3-7-19(25)14-18;3-2(4,5)1(6)7/h3,5-9,14,20-21H,2,4,10-13,15-16H2,1H3,(H,26,27)(H,28,30)(H,31,32);(H,6,7). The highest BCUT2D eigenvalue weighted by atomic mass is 19.4. The number of alkyl halides is 3. The molecule has 39 heavy (non-hydrogen) atoms. The number of dihydropyridines is 1. The van der Waals surface area contributed by atoms with Crippen LogP contribution in [0.1, 0.15) is 44.2 Å². The number of halogens is 4. The second-order valence-electron chi connectivity index (χ2n) is 8.93. The van der Waals surface area contributed by atoms with Crippen LogP contribution in [0.25, 0.3) is 0 Å². The number of benzene rings is 1. The highest BCUT2D eigenvalue weighted by molar-refractivity contribution is 6.02. The van der Waals surface area contributed by atoms with Crippen LogP contribution in [0, 0.1) is 5.82 Å². The van der Waals surface area contributed by atoms with Gasteiger partial charge in [0, 0.05) is 24.7 Å². The van der Waals surface area contributed by atoms with Gasteiger partial charge in [0.1, 0.15) is 11.7 Å². The van der Waals surface area contributed by atoms with Crippen LogP contribution in [0.2, 0.25) is 0 Å². The van der Waals surface area contributed by atoms with Gasteiger partial charge in [-0.05, 0) is 43.5 Å². The van der Waals surface area contributed by atoms with Crippen molar-refractivity contribution >= 4 is 23.7 Å². The van der Waals surface area contributed by atoms with E-state index >= 15 is 0 Å². The van der Waals surface area contributed by atoms with Crippen molar-refractivity contribution in [3.05, 3.63) is 59.4 Å². The summed E-state index contributed by atoms with van der Waals surface area (Å²) < 4.78 is 45.3. The Morgan fingerprint density at radius 1 is 1.23 bits per heavy atom. The molecule has 1 amide bonds. The number of nitrogens with one attached hydrogen (secondary N) is 2. The van der Waals surface area contributed by atoms with Crippen molar-refractivity contribution in [2.24, 2.45) is 4.99 Å². The van der Waals surface area contributed by atoms with Crippen LogP contribution in [0.4, 0.5) is 17.6 Å². The minimum atomic E-state index is -5.08. The third kappa shape index (κ3) is 11.3. The van der Waals surface area contributed by atoms with Crippen molar-refractivity contribution in [1.29, 1.82) is 0 Å². The number of aliphatic carboxylic acids is 2. The first-order valence-corrected chi connectivity index (χ1v) is 12.4. The molecule has 0 bridgehead atoms. The van der Waals surface area contributed by atoms with Crippen LogP contribution in [0.5, 0.6) is 0 Å². The van der Waals surface area contributed by atoms with Gasteiger partial charge >= 0.3 is 18.1 Å². The van der Waals surface area contributed by atoms with Gasteiger partial charge in [-0.1, -0.05) is 37.3 Å². The van der Waals surface area contributed by atoms with Crippen LogP contribution in [-0.2, 0) is 14.4 Å². The molecular weight excluding hydrogens is 524 g/mol. The van der Waals surface area contributed by atoms with Crippen molar-refractivity contribution in [1.82, 2.24) is 15.5 Å². The average Bonchev–Trinajstić information content (AvgIpc) is 2.86. The van der Waals surface area contributed by atoms with Gasteiger partial charge in [-0.2, -0.15) is 13.2 Å². The molecule has 0 aliphatic carbocycles. The second kappa shape index (κ2) is 15.0. The zero-order valence-electron chi connectivity index (χ0n) is 21.4. The van der Waals surface area contributed by atoms with E-state index in [0.717, 1.165) is 43.8 Å².